The third kappa shape index (κ3) is 5.40. The van der Waals surface area contributed by atoms with E-state index in [2.05, 4.69) is 16.1 Å². The maximum absolute atomic E-state index is 12.9. The van der Waals surface area contributed by atoms with Crippen molar-refractivity contribution in [2.45, 2.75) is 44.6 Å². The molecule has 0 bridgehead atoms. The summed E-state index contributed by atoms with van der Waals surface area (Å²) in [4.78, 5) is 17.6. The second-order valence-electron chi connectivity index (χ2n) is 7.38. The molecule has 26 heavy (non-hydrogen) atoms. The molecule has 3 rings (SSSR count). The lowest BCUT2D eigenvalue weighted by Gasteiger charge is -2.28. The first-order chi connectivity index (χ1) is 12.8. The fourth-order valence-corrected chi connectivity index (χ4v) is 4.45. The van der Waals surface area contributed by atoms with Crippen LogP contribution in [0.5, 0.6) is 5.75 Å². The zero-order valence-electron chi connectivity index (χ0n) is 16.0. The van der Waals surface area contributed by atoms with E-state index in [4.69, 9.17) is 4.74 Å². The van der Waals surface area contributed by atoms with Crippen molar-refractivity contribution >= 4 is 17.7 Å². The Balaban J connectivity index is 1.50. The smallest absolute Gasteiger partial charge is 0.254 e. The van der Waals surface area contributed by atoms with E-state index in [1.807, 2.05) is 36.0 Å². The first-order valence-corrected chi connectivity index (χ1v) is 11.4. The highest BCUT2D eigenvalue weighted by atomic mass is 32.2. The maximum atomic E-state index is 12.9. The van der Waals surface area contributed by atoms with Crippen molar-refractivity contribution in [3.63, 3.8) is 0 Å². The van der Waals surface area contributed by atoms with E-state index in [1.54, 1.807) is 0 Å². The molecule has 0 unspecified atom stereocenters. The summed E-state index contributed by atoms with van der Waals surface area (Å²) in [5.74, 6) is 2.23. The Morgan fingerprint density at radius 2 is 1.88 bits per heavy atom. The molecule has 4 nitrogen and oxygen atoms in total. The molecule has 0 saturated carbocycles. The summed E-state index contributed by atoms with van der Waals surface area (Å²) < 4.78 is 5.78. The second-order valence-corrected chi connectivity index (χ2v) is 8.36. The van der Waals surface area contributed by atoms with Gasteiger partial charge >= 0.3 is 0 Å². The quantitative estimate of drug-likeness (QED) is 0.612. The molecule has 5 heteroatoms. The van der Waals surface area contributed by atoms with Crippen molar-refractivity contribution in [1.29, 1.82) is 0 Å². The summed E-state index contributed by atoms with van der Waals surface area (Å²) in [6.45, 7) is 5.08. The van der Waals surface area contributed by atoms with Gasteiger partial charge in [-0.2, -0.15) is 11.8 Å². The molecule has 2 heterocycles. The average Bonchev–Trinajstić information content (AvgIpc) is 3.34. The van der Waals surface area contributed by atoms with Crippen molar-refractivity contribution in [2.75, 3.05) is 44.8 Å². The lowest BCUT2D eigenvalue weighted by Crippen LogP contribution is -2.42. The van der Waals surface area contributed by atoms with Crippen molar-refractivity contribution in [3.8, 4) is 5.75 Å². The molecule has 2 fully saturated rings. The van der Waals surface area contributed by atoms with Gasteiger partial charge in [-0.25, -0.2) is 0 Å². The number of rotatable bonds is 9. The van der Waals surface area contributed by atoms with Gasteiger partial charge in [-0.15, -0.1) is 0 Å². The molecule has 2 saturated heterocycles. The molecule has 144 valence electrons. The average molecular weight is 377 g/mol. The Labute approximate surface area is 162 Å². The van der Waals surface area contributed by atoms with Crippen LogP contribution in [0.2, 0.25) is 0 Å². The third-order valence-corrected chi connectivity index (χ3v) is 6.12. The van der Waals surface area contributed by atoms with Crippen LogP contribution < -0.4 is 4.74 Å². The van der Waals surface area contributed by atoms with Crippen LogP contribution in [0.4, 0.5) is 0 Å². The summed E-state index contributed by atoms with van der Waals surface area (Å²) in [5.41, 5.74) is 0.785. The highest BCUT2D eigenvalue weighted by molar-refractivity contribution is 7.98. The van der Waals surface area contributed by atoms with E-state index < -0.39 is 0 Å². The van der Waals surface area contributed by atoms with Crippen LogP contribution in [0.1, 0.15) is 48.9 Å². The Morgan fingerprint density at radius 3 is 2.62 bits per heavy atom. The number of ether oxygens (including phenoxy) is 1. The SMILES string of the molecule is CSCCCCOc1ccc(C(=O)N2CCC[C@H]2CN2CCCC2)cc1. The van der Waals surface area contributed by atoms with Crippen LogP contribution in [0.25, 0.3) is 0 Å². The first-order valence-electron chi connectivity index (χ1n) is 10.0. The zero-order valence-corrected chi connectivity index (χ0v) is 16.8. The number of amides is 1. The van der Waals surface area contributed by atoms with Gasteiger partial charge in [0.2, 0.25) is 0 Å². The largest absolute Gasteiger partial charge is 0.494 e. The molecule has 1 atom stereocenters. The lowest BCUT2D eigenvalue weighted by molar-refractivity contribution is 0.0708. The number of unbranched alkanes of at least 4 members (excludes halogenated alkanes) is 1. The topological polar surface area (TPSA) is 32.8 Å². The summed E-state index contributed by atoms with van der Waals surface area (Å²) in [6.07, 6.45) is 9.27. The van der Waals surface area contributed by atoms with Crippen LogP contribution in [-0.4, -0.2) is 66.5 Å². The Morgan fingerprint density at radius 1 is 1.12 bits per heavy atom. The monoisotopic (exact) mass is 376 g/mol. The van der Waals surface area contributed by atoms with Crippen LogP contribution in [-0.2, 0) is 0 Å². The van der Waals surface area contributed by atoms with Crippen molar-refractivity contribution in [1.82, 2.24) is 9.80 Å². The van der Waals surface area contributed by atoms with Gasteiger partial charge in [-0.05, 0) is 87.9 Å². The molecule has 2 aliphatic heterocycles. The third-order valence-electron chi connectivity index (χ3n) is 5.42. The van der Waals surface area contributed by atoms with Crippen LogP contribution >= 0.6 is 11.8 Å². The Hall–Kier alpha value is -1.20. The number of nitrogens with zero attached hydrogens (tertiary/aromatic N) is 2. The van der Waals surface area contributed by atoms with E-state index in [9.17, 15) is 4.79 Å². The van der Waals surface area contributed by atoms with Crippen LogP contribution in [0, 0.1) is 0 Å². The number of hydrogen-bond acceptors (Lipinski definition) is 4. The van der Waals surface area contributed by atoms with Crippen molar-refractivity contribution < 1.29 is 9.53 Å². The first kappa shape index (κ1) is 19.6. The fraction of sp³-hybridized carbons (Fsp3) is 0.667. The molecule has 0 aromatic heterocycles. The van der Waals surface area contributed by atoms with E-state index in [1.165, 1.54) is 38.1 Å². The summed E-state index contributed by atoms with van der Waals surface area (Å²) in [7, 11) is 0. The molecule has 2 aliphatic rings. The Bertz CT molecular complexity index is 558. The summed E-state index contributed by atoms with van der Waals surface area (Å²) >= 11 is 1.87. The lowest BCUT2D eigenvalue weighted by atomic mass is 10.1. The molecule has 0 spiro atoms. The number of carbonyl (C=O) groups excluding carboxylic acids is 1. The van der Waals surface area contributed by atoms with Gasteiger partial charge in [0, 0.05) is 24.7 Å². The molecule has 1 aromatic rings. The standard InChI is InChI=1S/C21H32N2O2S/c1-26-16-5-4-15-25-20-10-8-18(9-11-20)21(24)23-14-6-7-19(23)17-22-12-2-3-13-22/h8-11,19H,2-7,12-17H2,1H3/t19-/m0/s1. The van der Waals surface area contributed by atoms with E-state index in [0.717, 1.165) is 50.3 Å². The van der Waals surface area contributed by atoms with Gasteiger partial charge in [0.1, 0.15) is 5.75 Å². The number of thioether (sulfide) groups is 1. The zero-order chi connectivity index (χ0) is 18.2. The molecular weight excluding hydrogens is 344 g/mol. The molecular formula is C21H32N2O2S. The number of hydrogen-bond donors (Lipinski definition) is 0. The summed E-state index contributed by atoms with van der Waals surface area (Å²) in [5, 5.41) is 0. The minimum absolute atomic E-state index is 0.179. The fourth-order valence-electron chi connectivity index (χ4n) is 3.95. The van der Waals surface area contributed by atoms with E-state index >= 15 is 0 Å². The normalized spacial score (nSPS) is 20.7. The second kappa shape index (κ2) is 10.2. The van der Waals surface area contributed by atoms with Gasteiger partial charge in [0.05, 0.1) is 6.61 Å². The van der Waals surface area contributed by atoms with E-state index in [0.29, 0.717) is 6.04 Å². The summed E-state index contributed by atoms with van der Waals surface area (Å²) in [6, 6.07) is 8.10. The van der Waals surface area contributed by atoms with Gasteiger partial charge in [-0.3, -0.25) is 4.79 Å². The van der Waals surface area contributed by atoms with Crippen LogP contribution in [0.15, 0.2) is 24.3 Å². The predicted molar refractivity (Wildman–Crippen MR) is 109 cm³/mol. The number of likely N-dealkylation sites (tertiary alicyclic amines) is 2. The predicted octanol–water partition coefficient (Wildman–Crippen LogP) is 3.91. The minimum Gasteiger partial charge on any atom is -0.494 e. The van der Waals surface area contributed by atoms with Crippen molar-refractivity contribution in [2.24, 2.45) is 0 Å². The molecule has 0 radical (unpaired) electrons. The molecule has 0 aliphatic carbocycles. The van der Waals surface area contributed by atoms with E-state index in [-0.39, 0.29) is 5.91 Å². The number of carbonyl (C=O) groups is 1. The molecule has 0 N–H and O–H groups in total. The minimum atomic E-state index is 0.179. The highest BCUT2D eigenvalue weighted by Gasteiger charge is 2.31. The van der Waals surface area contributed by atoms with Gasteiger partial charge < -0.3 is 14.5 Å². The Kier molecular flexibility index (Phi) is 7.69. The number of benzene rings is 1. The van der Waals surface area contributed by atoms with Gasteiger partial charge in [0.15, 0.2) is 0 Å². The van der Waals surface area contributed by atoms with Crippen LogP contribution in [0.3, 0.4) is 0 Å². The van der Waals surface area contributed by atoms with Gasteiger partial charge in [-0.1, -0.05) is 0 Å². The highest BCUT2D eigenvalue weighted by Crippen LogP contribution is 2.23. The maximum Gasteiger partial charge on any atom is 0.254 e. The van der Waals surface area contributed by atoms with Gasteiger partial charge in [0.25, 0.3) is 5.91 Å². The molecule has 1 aromatic carbocycles. The van der Waals surface area contributed by atoms with Crippen molar-refractivity contribution in [3.05, 3.63) is 29.8 Å². The molecule has 1 amide bonds.